The quantitative estimate of drug-likeness (QED) is 0.669. The summed E-state index contributed by atoms with van der Waals surface area (Å²) in [5, 5.41) is 8.39. The molecule has 1 aliphatic rings. The number of halogens is 1. The number of thioether (sulfide) groups is 1. The zero-order chi connectivity index (χ0) is 17.6. The monoisotopic (exact) mass is 410 g/mol. The summed E-state index contributed by atoms with van der Waals surface area (Å²) in [4.78, 5) is 5.09. The highest BCUT2D eigenvalue weighted by atomic mass is 35.5. The summed E-state index contributed by atoms with van der Waals surface area (Å²) < 4.78 is 28.2. The molecule has 0 aliphatic carbocycles. The molecule has 1 aromatic carbocycles. The van der Waals surface area contributed by atoms with Crippen molar-refractivity contribution < 1.29 is 8.42 Å². The largest absolute Gasteiger partial charge is 0.311 e. The number of hydrogen-bond donors (Lipinski definition) is 1. The number of rotatable bonds is 3. The standard InChI is InChI=1S/C17H18N4O2S2.ClH/c1-11-13-8-9-18-10-14(13)21-16(19-11)15(17(20-21)24-2)25(22,23)12-6-4-3-5-7-12;/h3-7,18H,8-10H2,1-2H3;1H. The van der Waals surface area contributed by atoms with Crippen molar-refractivity contribution in [1.29, 1.82) is 0 Å². The average molecular weight is 411 g/mol. The Morgan fingerprint density at radius 2 is 1.96 bits per heavy atom. The average Bonchev–Trinajstić information content (AvgIpc) is 3.02. The maximum absolute atomic E-state index is 13.2. The van der Waals surface area contributed by atoms with Crippen LogP contribution in [0.5, 0.6) is 0 Å². The first-order chi connectivity index (χ1) is 12.0. The lowest BCUT2D eigenvalue weighted by Crippen LogP contribution is -2.27. The van der Waals surface area contributed by atoms with E-state index in [4.69, 9.17) is 0 Å². The van der Waals surface area contributed by atoms with E-state index in [9.17, 15) is 8.42 Å². The Labute approximate surface area is 162 Å². The van der Waals surface area contributed by atoms with Crippen molar-refractivity contribution in [3.8, 4) is 0 Å². The Kier molecular flexibility index (Phi) is 5.30. The molecular formula is C17H19ClN4O2S2. The molecule has 26 heavy (non-hydrogen) atoms. The smallest absolute Gasteiger partial charge is 0.213 e. The van der Waals surface area contributed by atoms with Crippen LogP contribution in [0.25, 0.3) is 5.65 Å². The number of fused-ring (bicyclic) bond motifs is 3. The molecule has 4 rings (SSSR count). The van der Waals surface area contributed by atoms with Gasteiger partial charge in [-0.3, -0.25) is 0 Å². The predicted molar refractivity (Wildman–Crippen MR) is 104 cm³/mol. The van der Waals surface area contributed by atoms with E-state index in [2.05, 4.69) is 15.4 Å². The number of nitrogens with one attached hydrogen (secondary N) is 1. The summed E-state index contributed by atoms with van der Waals surface area (Å²) in [5.41, 5.74) is 3.44. The fourth-order valence-electron chi connectivity index (χ4n) is 3.24. The van der Waals surface area contributed by atoms with Crippen LogP contribution in [-0.4, -0.2) is 35.8 Å². The minimum Gasteiger partial charge on any atom is -0.311 e. The van der Waals surface area contributed by atoms with Crippen LogP contribution in [0.1, 0.15) is 17.0 Å². The summed E-state index contributed by atoms with van der Waals surface area (Å²) in [6.07, 6.45) is 2.71. The van der Waals surface area contributed by atoms with Crippen molar-refractivity contribution in [2.24, 2.45) is 0 Å². The van der Waals surface area contributed by atoms with Gasteiger partial charge in [-0.25, -0.2) is 17.9 Å². The van der Waals surface area contributed by atoms with Gasteiger partial charge in [0.25, 0.3) is 0 Å². The second-order valence-electron chi connectivity index (χ2n) is 5.94. The Balaban J connectivity index is 0.00000196. The summed E-state index contributed by atoms with van der Waals surface area (Å²) in [5.74, 6) is 0. The van der Waals surface area contributed by atoms with Crippen molar-refractivity contribution in [3.05, 3.63) is 47.3 Å². The third-order valence-corrected chi connectivity index (χ3v) is 7.07. The lowest BCUT2D eigenvalue weighted by Gasteiger charge is -2.19. The highest BCUT2D eigenvalue weighted by Crippen LogP contribution is 2.33. The molecule has 6 nitrogen and oxygen atoms in total. The van der Waals surface area contributed by atoms with Crippen LogP contribution in [-0.2, 0) is 22.8 Å². The minimum atomic E-state index is -3.70. The second-order valence-corrected chi connectivity index (χ2v) is 8.62. The zero-order valence-corrected chi connectivity index (χ0v) is 16.8. The molecule has 1 N–H and O–H groups in total. The molecule has 3 aromatic rings. The van der Waals surface area contributed by atoms with E-state index < -0.39 is 9.84 Å². The second kappa shape index (κ2) is 7.19. The molecule has 0 unspecified atom stereocenters. The number of aromatic nitrogens is 3. The Bertz CT molecular complexity index is 1070. The molecule has 0 radical (unpaired) electrons. The van der Waals surface area contributed by atoms with E-state index in [1.807, 2.05) is 13.2 Å². The van der Waals surface area contributed by atoms with Gasteiger partial charge in [0.1, 0.15) is 5.03 Å². The summed E-state index contributed by atoms with van der Waals surface area (Å²) in [7, 11) is -3.70. The number of aryl methyl sites for hydroxylation is 1. The third-order valence-electron chi connectivity index (χ3n) is 4.46. The van der Waals surface area contributed by atoms with Gasteiger partial charge in [0.05, 0.1) is 10.6 Å². The van der Waals surface area contributed by atoms with Crippen molar-refractivity contribution in [1.82, 2.24) is 19.9 Å². The van der Waals surface area contributed by atoms with E-state index >= 15 is 0 Å². The highest BCUT2D eigenvalue weighted by Gasteiger charge is 2.30. The van der Waals surface area contributed by atoms with E-state index in [0.717, 1.165) is 29.9 Å². The first-order valence-electron chi connectivity index (χ1n) is 8.00. The molecule has 2 aromatic heterocycles. The van der Waals surface area contributed by atoms with E-state index in [1.54, 1.807) is 34.8 Å². The minimum absolute atomic E-state index is 0. The van der Waals surface area contributed by atoms with E-state index in [0.29, 0.717) is 17.2 Å². The van der Waals surface area contributed by atoms with Crippen molar-refractivity contribution in [2.75, 3.05) is 12.8 Å². The van der Waals surface area contributed by atoms with Crippen LogP contribution >= 0.6 is 24.2 Å². The summed E-state index contributed by atoms with van der Waals surface area (Å²) >= 11 is 1.33. The normalized spacial score (nSPS) is 14.1. The molecule has 138 valence electrons. The Hall–Kier alpha value is -1.61. The van der Waals surface area contributed by atoms with Crippen molar-refractivity contribution >= 4 is 39.7 Å². The third kappa shape index (κ3) is 2.90. The van der Waals surface area contributed by atoms with Crippen LogP contribution in [0.2, 0.25) is 0 Å². The molecule has 0 saturated heterocycles. The molecule has 0 bridgehead atoms. The fourth-order valence-corrected chi connectivity index (χ4v) is 5.65. The van der Waals surface area contributed by atoms with E-state index in [-0.39, 0.29) is 22.2 Å². The van der Waals surface area contributed by atoms with Crippen LogP contribution in [0.3, 0.4) is 0 Å². The number of benzene rings is 1. The highest BCUT2D eigenvalue weighted by molar-refractivity contribution is 7.99. The molecular weight excluding hydrogens is 392 g/mol. The first-order valence-corrected chi connectivity index (χ1v) is 10.7. The molecule has 3 heterocycles. The SMILES string of the molecule is CSc1nn2c3c(c(C)nc2c1S(=O)(=O)c1ccccc1)CCNC3.Cl. The molecule has 0 spiro atoms. The van der Waals surface area contributed by atoms with Crippen LogP contribution in [0.4, 0.5) is 0 Å². The lowest BCUT2D eigenvalue weighted by atomic mass is 10.1. The fraction of sp³-hybridized carbons (Fsp3) is 0.294. The van der Waals surface area contributed by atoms with Gasteiger partial charge >= 0.3 is 0 Å². The van der Waals surface area contributed by atoms with Gasteiger partial charge in [-0.1, -0.05) is 18.2 Å². The van der Waals surface area contributed by atoms with Gasteiger partial charge in [0.15, 0.2) is 10.5 Å². The zero-order valence-electron chi connectivity index (χ0n) is 14.4. The molecule has 9 heteroatoms. The van der Waals surface area contributed by atoms with Gasteiger partial charge in [0, 0.05) is 12.2 Å². The van der Waals surface area contributed by atoms with Crippen LogP contribution < -0.4 is 5.32 Å². The number of nitrogens with zero attached hydrogens (tertiary/aromatic N) is 3. The van der Waals surface area contributed by atoms with E-state index in [1.165, 1.54) is 11.8 Å². The lowest BCUT2D eigenvalue weighted by molar-refractivity contribution is 0.594. The van der Waals surface area contributed by atoms with Crippen LogP contribution in [0, 0.1) is 6.92 Å². The van der Waals surface area contributed by atoms with Gasteiger partial charge in [-0.15, -0.1) is 24.2 Å². The number of hydrogen-bond acceptors (Lipinski definition) is 6. The molecule has 0 amide bonds. The van der Waals surface area contributed by atoms with Gasteiger partial charge in [-0.05, 0) is 43.8 Å². The topological polar surface area (TPSA) is 76.4 Å². The Morgan fingerprint density at radius 1 is 1.23 bits per heavy atom. The van der Waals surface area contributed by atoms with Gasteiger partial charge in [-0.2, -0.15) is 5.10 Å². The summed E-state index contributed by atoms with van der Waals surface area (Å²) in [6, 6.07) is 8.46. The predicted octanol–water partition coefficient (Wildman–Crippen LogP) is 2.66. The maximum Gasteiger partial charge on any atom is 0.213 e. The maximum atomic E-state index is 13.2. The summed E-state index contributed by atoms with van der Waals surface area (Å²) in [6.45, 7) is 3.50. The van der Waals surface area contributed by atoms with Crippen LogP contribution in [0.15, 0.2) is 45.1 Å². The molecule has 0 fully saturated rings. The molecule has 0 atom stereocenters. The number of sulfone groups is 1. The first kappa shape index (κ1) is 19.2. The molecule has 0 saturated carbocycles. The molecule has 1 aliphatic heterocycles. The Morgan fingerprint density at radius 3 is 2.65 bits per heavy atom. The van der Waals surface area contributed by atoms with Crippen molar-refractivity contribution in [2.45, 2.75) is 34.7 Å². The van der Waals surface area contributed by atoms with Gasteiger partial charge in [0.2, 0.25) is 9.84 Å². The van der Waals surface area contributed by atoms with Gasteiger partial charge < -0.3 is 5.32 Å². The van der Waals surface area contributed by atoms with Crippen molar-refractivity contribution in [3.63, 3.8) is 0 Å².